The zero-order chi connectivity index (χ0) is 26.2. The van der Waals surface area contributed by atoms with Crippen LogP contribution in [0.15, 0.2) is 35.9 Å². The highest BCUT2D eigenvalue weighted by molar-refractivity contribution is 14.1. The molecule has 0 atom stereocenters. The molecule has 0 unspecified atom stereocenters. The zero-order valence-corrected chi connectivity index (χ0v) is 22.2. The maximum Gasteiger partial charge on any atom is 0.331 e. The number of amides is 4. The first-order valence-corrected chi connectivity index (χ1v) is 12.0. The largest absolute Gasteiger partial charge is 0.493 e. The van der Waals surface area contributed by atoms with Crippen LogP contribution in [0.5, 0.6) is 23.0 Å². The number of imide groups is 2. The normalized spacial score (nSPS) is 14.4. The smallest absolute Gasteiger partial charge is 0.331 e. The second-order valence-electron chi connectivity index (χ2n) is 7.57. The predicted molar refractivity (Wildman–Crippen MR) is 141 cm³/mol. The summed E-state index contributed by atoms with van der Waals surface area (Å²) < 4.78 is 22.6. The minimum absolute atomic E-state index is 0.0568. The molecule has 0 radical (unpaired) electrons. The molecule has 10 heteroatoms. The van der Waals surface area contributed by atoms with Crippen molar-refractivity contribution in [1.29, 1.82) is 0 Å². The quantitative estimate of drug-likeness (QED) is 0.191. The first-order chi connectivity index (χ1) is 17.3. The lowest BCUT2D eigenvalue weighted by Crippen LogP contribution is -2.53. The number of barbiturate groups is 1. The average molecular weight is 604 g/mol. The first kappa shape index (κ1) is 26.9. The van der Waals surface area contributed by atoms with Gasteiger partial charge in [-0.2, -0.15) is 0 Å². The minimum Gasteiger partial charge on any atom is -0.493 e. The third kappa shape index (κ3) is 6.09. The van der Waals surface area contributed by atoms with Gasteiger partial charge in [0, 0.05) is 0 Å². The topological polar surface area (TPSA) is 103 Å². The Bertz CT molecular complexity index is 1250. The summed E-state index contributed by atoms with van der Waals surface area (Å²) >= 11 is 2.04. The van der Waals surface area contributed by atoms with Crippen molar-refractivity contribution in [3.8, 4) is 35.3 Å². The molecular weight excluding hydrogens is 579 g/mol. The van der Waals surface area contributed by atoms with Crippen LogP contribution in [0.1, 0.15) is 24.5 Å². The summed E-state index contributed by atoms with van der Waals surface area (Å²) in [6.45, 7) is 2.51. The summed E-state index contributed by atoms with van der Waals surface area (Å²) in [5.41, 5.74) is 0.940. The summed E-state index contributed by atoms with van der Waals surface area (Å²) in [6.07, 6.45) is 7.50. The van der Waals surface area contributed by atoms with Crippen molar-refractivity contribution in [2.24, 2.45) is 0 Å². The van der Waals surface area contributed by atoms with E-state index < -0.39 is 17.8 Å². The number of benzene rings is 2. The Morgan fingerprint density at radius 2 is 1.81 bits per heavy atom. The number of rotatable bonds is 10. The maximum atomic E-state index is 13.2. The molecule has 0 saturated carbocycles. The number of carbonyl (C=O) groups is 3. The third-order valence-electron chi connectivity index (χ3n) is 5.08. The van der Waals surface area contributed by atoms with Crippen molar-refractivity contribution in [2.75, 3.05) is 27.4 Å². The Kier molecular flexibility index (Phi) is 9.19. The van der Waals surface area contributed by atoms with Gasteiger partial charge in [0.25, 0.3) is 11.8 Å². The van der Waals surface area contributed by atoms with Gasteiger partial charge in [-0.05, 0) is 70.5 Å². The Morgan fingerprint density at radius 1 is 1.06 bits per heavy atom. The molecule has 36 heavy (non-hydrogen) atoms. The first-order valence-electron chi connectivity index (χ1n) is 10.9. The number of methoxy groups -OCH3 is 2. The predicted octanol–water partition coefficient (Wildman–Crippen LogP) is 3.77. The van der Waals surface area contributed by atoms with E-state index in [0.29, 0.717) is 44.3 Å². The molecule has 1 heterocycles. The fraction of sp³-hybridized carbons (Fsp3) is 0.269. The molecule has 3 rings (SSSR count). The molecule has 4 amide bonds. The van der Waals surface area contributed by atoms with Crippen molar-refractivity contribution >= 4 is 46.5 Å². The van der Waals surface area contributed by atoms with Crippen molar-refractivity contribution < 1.29 is 33.3 Å². The molecule has 1 aliphatic heterocycles. The molecule has 1 saturated heterocycles. The summed E-state index contributed by atoms with van der Waals surface area (Å²) in [6, 6.07) is 7.66. The Hall–Kier alpha value is -3.72. The summed E-state index contributed by atoms with van der Waals surface area (Å²) in [7, 11) is 2.98. The number of terminal acetylenes is 1. The zero-order valence-electron chi connectivity index (χ0n) is 20.1. The second kappa shape index (κ2) is 12.3. The lowest BCUT2D eigenvalue weighted by Gasteiger charge is -2.26. The van der Waals surface area contributed by atoms with Crippen LogP contribution in [0.2, 0.25) is 0 Å². The molecule has 1 aliphatic rings. The number of halogens is 1. The lowest BCUT2D eigenvalue weighted by atomic mass is 10.1. The highest BCUT2D eigenvalue weighted by Gasteiger charge is 2.36. The van der Waals surface area contributed by atoms with Crippen LogP contribution < -0.4 is 24.3 Å². The van der Waals surface area contributed by atoms with Crippen LogP contribution in [0.25, 0.3) is 6.08 Å². The summed E-state index contributed by atoms with van der Waals surface area (Å²) in [4.78, 5) is 39.2. The number of nitrogens with one attached hydrogen (secondary N) is 1. The summed E-state index contributed by atoms with van der Waals surface area (Å²) in [5.74, 6) is 2.76. The highest BCUT2D eigenvalue weighted by Crippen LogP contribution is 2.35. The minimum atomic E-state index is -0.808. The number of ether oxygens (including phenoxy) is 4. The molecule has 0 spiro atoms. The van der Waals surface area contributed by atoms with Crippen LogP contribution >= 0.6 is 22.6 Å². The average Bonchev–Trinajstić information content (AvgIpc) is 2.87. The van der Waals surface area contributed by atoms with E-state index in [1.54, 1.807) is 30.3 Å². The fourth-order valence-corrected chi connectivity index (χ4v) is 4.19. The van der Waals surface area contributed by atoms with Gasteiger partial charge in [-0.1, -0.05) is 18.9 Å². The SMILES string of the molecule is C#CCOc1c(I)cc(/C=C2\C(=O)NC(=O)N(Cc3ccc(OCCC)c(OC)c3)C2=O)cc1OC. The van der Waals surface area contributed by atoms with Gasteiger partial charge >= 0.3 is 6.03 Å². The van der Waals surface area contributed by atoms with E-state index in [0.717, 1.165) is 11.3 Å². The molecule has 0 aromatic heterocycles. The van der Waals surface area contributed by atoms with Crippen LogP contribution in [-0.2, 0) is 16.1 Å². The van der Waals surface area contributed by atoms with E-state index in [1.165, 1.54) is 20.3 Å². The second-order valence-corrected chi connectivity index (χ2v) is 8.73. The van der Waals surface area contributed by atoms with Gasteiger partial charge < -0.3 is 18.9 Å². The molecule has 0 aliphatic carbocycles. The van der Waals surface area contributed by atoms with Gasteiger partial charge in [-0.15, -0.1) is 6.42 Å². The van der Waals surface area contributed by atoms with Crippen LogP contribution in [-0.4, -0.2) is 50.2 Å². The Labute approximate surface area is 222 Å². The van der Waals surface area contributed by atoms with Crippen LogP contribution in [0, 0.1) is 15.9 Å². The Balaban J connectivity index is 1.90. The van der Waals surface area contributed by atoms with Gasteiger partial charge in [0.1, 0.15) is 12.2 Å². The molecule has 0 bridgehead atoms. The van der Waals surface area contributed by atoms with Crippen molar-refractivity contribution in [3.63, 3.8) is 0 Å². The molecule has 2 aromatic rings. The number of hydrogen-bond acceptors (Lipinski definition) is 7. The van der Waals surface area contributed by atoms with E-state index >= 15 is 0 Å². The van der Waals surface area contributed by atoms with E-state index in [1.807, 2.05) is 29.5 Å². The van der Waals surface area contributed by atoms with Crippen molar-refractivity contribution in [2.45, 2.75) is 19.9 Å². The van der Waals surface area contributed by atoms with Gasteiger partial charge in [0.2, 0.25) is 0 Å². The van der Waals surface area contributed by atoms with Crippen LogP contribution in [0.4, 0.5) is 4.79 Å². The molecule has 1 fully saturated rings. The van der Waals surface area contributed by atoms with E-state index in [9.17, 15) is 14.4 Å². The number of carbonyl (C=O) groups excluding carboxylic acids is 3. The van der Waals surface area contributed by atoms with Crippen molar-refractivity contribution in [1.82, 2.24) is 10.2 Å². The van der Waals surface area contributed by atoms with E-state index in [4.69, 9.17) is 25.4 Å². The van der Waals surface area contributed by atoms with Crippen LogP contribution in [0.3, 0.4) is 0 Å². The van der Waals surface area contributed by atoms with Gasteiger partial charge in [0.15, 0.2) is 23.0 Å². The third-order valence-corrected chi connectivity index (χ3v) is 5.88. The number of hydrogen-bond donors (Lipinski definition) is 1. The molecule has 188 valence electrons. The van der Waals surface area contributed by atoms with Gasteiger partial charge in [-0.3, -0.25) is 19.8 Å². The molecule has 2 aromatic carbocycles. The lowest BCUT2D eigenvalue weighted by molar-refractivity contribution is -0.130. The van der Waals surface area contributed by atoms with Crippen molar-refractivity contribution in [3.05, 3.63) is 50.6 Å². The standard InChI is InChI=1S/C26H25IN2O7/c1-5-9-35-20-8-7-16(13-21(20)33-3)15-29-25(31)18(24(30)28-26(29)32)11-17-12-19(27)23(36-10-6-2)22(14-17)34-4/h2,7-8,11-14H,5,9-10,15H2,1,3-4H3,(H,28,30,32)/b18-11+. The number of urea groups is 1. The van der Waals surface area contributed by atoms with Gasteiger partial charge in [-0.25, -0.2) is 4.79 Å². The summed E-state index contributed by atoms with van der Waals surface area (Å²) in [5, 5.41) is 2.22. The van der Waals surface area contributed by atoms with E-state index in [-0.39, 0.29) is 18.7 Å². The maximum absolute atomic E-state index is 13.2. The van der Waals surface area contributed by atoms with Gasteiger partial charge in [0.05, 0.1) is 30.9 Å². The number of nitrogens with zero attached hydrogens (tertiary/aromatic N) is 1. The molecular formula is C26H25IN2O7. The highest BCUT2D eigenvalue weighted by atomic mass is 127. The molecule has 1 N–H and O–H groups in total. The Morgan fingerprint density at radius 3 is 2.47 bits per heavy atom. The molecule has 9 nitrogen and oxygen atoms in total. The van der Waals surface area contributed by atoms with E-state index in [2.05, 4.69) is 11.2 Å². The monoisotopic (exact) mass is 604 g/mol. The fourth-order valence-electron chi connectivity index (χ4n) is 3.41.